The molecule has 0 atom stereocenters. The number of anilines is 1. The number of benzene rings is 1. The zero-order valence-electron chi connectivity index (χ0n) is 15.9. The lowest BCUT2D eigenvalue weighted by Gasteiger charge is -2.43. The number of Topliss-reactive ketones (excluding diaryl/α,β-unsaturated/α-hetero) is 1. The number of fused-ring (bicyclic) bond motifs is 3. The molecule has 5 nitrogen and oxygen atoms in total. The van der Waals surface area contributed by atoms with E-state index in [1.165, 1.54) is 22.4 Å². The number of aryl methyl sites for hydroxylation is 2. The van der Waals surface area contributed by atoms with Crippen molar-refractivity contribution in [1.82, 2.24) is 15.0 Å². The van der Waals surface area contributed by atoms with E-state index in [0.29, 0.717) is 0 Å². The molecule has 0 amide bonds. The van der Waals surface area contributed by atoms with Crippen LogP contribution in [0.4, 0.5) is 5.69 Å². The summed E-state index contributed by atoms with van der Waals surface area (Å²) in [5.41, 5.74) is 7.18. The normalized spacial score (nSPS) is 20.2. The van der Waals surface area contributed by atoms with Gasteiger partial charge in [0.15, 0.2) is 5.78 Å². The van der Waals surface area contributed by atoms with Gasteiger partial charge >= 0.3 is 0 Å². The van der Waals surface area contributed by atoms with Gasteiger partial charge in [-0.2, -0.15) is 0 Å². The van der Waals surface area contributed by atoms with Gasteiger partial charge < -0.3 is 5.32 Å². The standard InChI is InChI=1S/C20H26N4O/c1-11-17(24(6)23-22-11)14-10-15-16(13-9-7-8-12(13)14)21-20(4,5)18(25)19(15,2)3/h10,21H,7-9H2,1-6H3. The average molecular weight is 338 g/mol. The number of carbonyl (C=O) groups excluding carboxylic acids is 1. The van der Waals surface area contributed by atoms with Gasteiger partial charge in [0.25, 0.3) is 0 Å². The van der Waals surface area contributed by atoms with Crippen molar-refractivity contribution < 1.29 is 4.79 Å². The maximum atomic E-state index is 13.1. The van der Waals surface area contributed by atoms with E-state index in [1.54, 1.807) is 0 Å². The predicted octanol–water partition coefficient (Wildman–Crippen LogP) is 3.33. The fraction of sp³-hybridized carbons (Fsp3) is 0.550. The van der Waals surface area contributed by atoms with Crippen LogP contribution < -0.4 is 5.32 Å². The highest BCUT2D eigenvalue weighted by atomic mass is 16.1. The summed E-state index contributed by atoms with van der Waals surface area (Å²) in [6.07, 6.45) is 3.28. The Kier molecular flexibility index (Phi) is 3.22. The van der Waals surface area contributed by atoms with Crippen molar-refractivity contribution in [1.29, 1.82) is 0 Å². The lowest BCUT2D eigenvalue weighted by Crippen LogP contribution is -2.53. The van der Waals surface area contributed by atoms with Crippen molar-refractivity contribution in [2.24, 2.45) is 7.05 Å². The summed E-state index contributed by atoms with van der Waals surface area (Å²) in [6.45, 7) is 10.1. The summed E-state index contributed by atoms with van der Waals surface area (Å²) < 4.78 is 1.85. The first kappa shape index (κ1) is 16.3. The monoisotopic (exact) mass is 338 g/mol. The van der Waals surface area contributed by atoms with E-state index in [9.17, 15) is 4.79 Å². The fourth-order valence-electron chi connectivity index (χ4n) is 4.73. The second-order valence-corrected chi connectivity index (χ2v) is 8.51. The molecule has 0 bridgehead atoms. The van der Waals surface area contributed by atoms with Gasteiger partial charge in [-0.05, 0) is 76.6 Å². The van der Waals surface area contributed by atoms with Crippen molar-refractivity contribution in [3.63, 3.8) is 0 Å². The molecule has 1 aromatic heterocycles. The summed E-state index contributed by atoms with van der Waals surface area (Å²) in [5.74, 6) is 0.233. The van der Waals surface area contributed by atoms with Crippen LogP contribution in [0.25, 0.3) is 11.3 Å². The minimum atomic E-state index is -0.543. The maximum Gasteiger partial charge on any atom is 0.167 e. The van der Waals surface area contributed by atoms with E-state index in [1.807, 2.05) is 32.5 Å². The predicted molar refractivity (Wildman–Crippen MR) is 98.9 cm³/mol. The van der Waals surface area contributed by atoms with E-state index in [2.05, 4.69) is 35.5 Å². The van der Waals surface area contributed by atoms with Crippen molar-refractivity contribution in [2.45, 2.75) is 64.8 Å². The van der Waals surface area contributed by atoms with Gasteiger partial charge in [0.1, 0.15) is 0 Å². The zero-order valence-corrected chi connectivity index (χ0v) is 15.9. The molecule has 0 saturated carbocycles. The van der Waals surface area contributed by atoms with Gasteiger partial charge in [0.05, 0.1) is 22.3 Å². The Labute approximate surface area is 148 Å². The van der Waals surface area contributed by atoms with Crippen LogP contribution in [-0.4, -0.2) is 26.3 Å². The minimum Gasteiger partial charge on any atom is -0.373 e. The molecule has 0 unspecified atom stereocenters. The number of hydrogen-bond acceptors (Lipinski definition) is 4. The highest BCUT2D eigenvalue weighted by molar-refractivity contribution is 6.03. The highest BCUT2D eigenvalue weighted by Gasteiger charge is 2.47. The second-order valence-electron chi connectivity index (χ2n) is 8.51. The number of aromatic nitrogens is 3. The quantitative estimate of drug-likeness (QED) is 0.866. The number of rotatable bonds is 1. The summed E-state index contributed by atoms with van der Waals surface area (Å²) in [7, 11) is 1.94. The van der Waals surface area contributed by atoms with Gasteiger partial charge in [0, 0.05) is 18.3 Å². The first-order valence-corrected chi connectivity index (χ1v) is 9.03. The van der Waals surface area contributed by atoms with Crippen LogP contribution in [0.15, 0.2) is 6.07 Å². The summed E-state index contributed by atoms with van der Waals surface area (Å²) in [4.78, 5) is 13.1. The average Bonchev–Trinajstić information content (AvgIpc) is 3.13. The molecule has 1 aliphatic carbocycles. The molecule has 2 aromatic rings. The highest BCUT2D eigenvalue weighted by Crippen LogP contribution is 2.48. The van der Waals surface area contributed by atoms with Crippen LogP contribution in [0.1, 0.15) is 56.5 Å². The Morgan fingerprint density at radius 1 is 1.16 bits per heavy atom. The van der Waals surface area contributed by atoms with Crippen LogP contribution >= 0.6 is 0 Å². The molecule has 0 radical (unpaired) electrons. The van der Waals surface area contributed by atoms with Gasteiger partial charge in [0.2, 0.25) is 0 Å². The van der Waals surface area contributed by atoms with Crippen LogP contribution in [0.2, 0.25) is 0 Å². The Morgan fingerprint density at radius 3 is 2.48 bits per heavy atom. The molecule has 4 rings (SSSR count). The molecule has 1 aliphatic heterocycles. The number of hydrogen-bond donors (Lipinski definition) is 1. The Bertz CT molecular complexity index is 885. The summed E-state index contributed by atoms with van der Waals surface area (Å²) >= 11 is 0. The van der Waals surface area contributed by atoms with E-state index < -0.39 is 11.0 Å². The lowest BCUT2D eigenvalue weighted by molar-refractivity contribution is -0.127. The van der Waals surface area contributed by atoms with Gasteiger partial charge in [-0.25, -0.2) is 4.68 Å². The van der Waals surface area contributed by atoms with E-state index >= 15 is 0 Å². The molecule has 1 aromatic carbocycles. The van der Waals surface area contributed by atoms with Crippen molar-refractivity contribution in [2.75, 3.05) is 5.32 Å². The van der Waals surface area contributed by atoms with Crippen molar-refractivity contribution >= 4 is 11.5 Å². The molecule has 5 heteroatoms. The molecule has 2 heterocycles. The smallest absolute Gasteiger partial charge is 0.167 e. The van der Waals surface area contributed by atoms with Gasteiger partial charge in [-0.15, -0.1) is 5.10 Å². The van der Waals surface area contributed by atoms with Crippen LogP contribution in [0.5, 0.6) is 0 Å². The third-order valence-electron chi connectivity index (χ3n) is 5.90. The van der Waals surface area contributed by atoms with Gasteiger partial charge in [-0.1, -0.05) is 5.21 Å². The Balaban J connectivity index is 2.06. The molecule has 2 aliphatic rings. The first-order valence-electron chi connectivity index (χ1n) is 9.03. The molecule has 25 heavy (non-hydrogen) atoms. The largest absolute Gasteiger partial charge is 0.373 e. The molecule has 1 N–H and O–H groups in total. The fourth-order valence-corrected chi connectivity index (χ4v) is 4.73. The van der Waals surface area contributed by atoms with E-state index in [0.717, 1.165) is 36.2 Å². The van der Waals surface area contributed by atoms with Crippen LogP contribution in [-0.2, 0) is 30.1 Å². The number of carbonyl (C=O) groups is 1. The number of nitrogens with zero attached hydrogens (tertiary/aromatic N) is 3. The van der Waals surface area contributed by atoms with E-state index in [-0.39, 0.29) is 5.78 Å². The molecule has 0 fully saturated rings. The third kappa shape index (κ3) is 2.11. The third-order valence-corrected chi connectivity index (χ3v) is 5.90. The van der Waals surface area contributed by atoms with Crippen LogP contribution in [0, 0.1) is 6.92 Å². The minimum absolute atomic E-state index is 0.233. The number of nitrogens with one attached hydrogen (secondary N) is 1. The zero-order chi connectivity index (χ0) is 18.1. The molecular weight excluding hydrogens is 312 g/mol. The molecule has 132 valence electrons. The van der Waals surface area contributed by atoms with E-state index in [4.69, 9.17) is 0 Å². The topological polar surface area (TPSA) is 59.8 Å². The Morgan fingerprint density at radius 2 is 1.84 bits per heavy atom. The SMILES string of the molecule is Cc1nnn(C)c1-c1cc2c(c3c1CCC3)NC(C)(C)C(=O)C2(C)C. The lowest BCUT2D eigenvalue weighted by atomic mass is 9.68. The van der Waals surface area contributed by atoms with Gasteiger partial charge in [-0.3, -0.25) is 4.79 Å². The van der Waals surface area contributed by atoms with Crippen molar-refractivity contribution in [3.05, 3.63) is 28.5 Å². The maximum absolute atomic E-state index is 13.1. The van der Waals surface area contributed by atoms with Crippen LogP contribution in [0.3, 0.4) is 0 Å². The second kappa shape index (κ2) is 4.93. The Hall–Kier alpha value is -2.17. The first-order chi connectivity index (χ1) is 11.6. The number of ketones is 1. The summed E-state index contributed by atoms with van der Waals surface area (Å²) in [5, 5.41) is 12.0. The summed E-state index contributed by atoms with van der Waals surface area (Å²) in [6, 6.07) is 2.21. The molecule has 0 saturated heterocycles. The molecular formula is C20H26N4O. The molecule has 0 spiro atoms. The van der Waals surface area contributed by atoms with Crippen molar-refractivity contribution in [3.8, 4) is 11.3 Å².